The first-order valence-corrected chi connectivity index (χ1v) is 8.13. The van der Waals surface area contributed by atoms with Crippen molar-refractivity contribution in [2.45, 2.75) is 65.6 Å². The summed E-state index contributed by atoms with van der Waals surface area (Å²) in [6.07, 6.45) is 0.961. The molecule has 21 heavy (non-hydrogen) atoms. The molecule has 0 rings (SSSR count). The van der Waals surface area contributed by atoms with Crippen LogP contribution in [0.25, 0.3) is 0 Å². The lowest BCUT2D eigenvalue weighted by atomic mass is 10.2. The summed E-state index contributed by atoms with van der Waals surface area (Å²) in [4.78, 5) is 22.8. The fourth-order valence-electron chi connectivity index (χ4n) is 1.28. The number of esters is 1. The highest BCUT2D eigenvalue weighted by atomic mass is 32.2. The van der Waals surface area contributed by atoms with Crippen LogP contribution in [0.2, 0.25) is 0 Å². The second-order valence-corrected chi connectivity index (χ2v) is 7.65. The molecule has 0 N–H and O–H groups in total. The Morgan fingerprint density at radius 3 is 2.00 bits per heavy atom. The topological polar surface area (TPSA) is 61.8 Å². The largest absolute Gasteiger partial charge is 0.460 e. The molecule has 0 aliphatic heterocycles. The van der Waals surface area contributed by atoms with Gasteiger partial charge in [-0.2, -0.15) is 0 Å². The molecule has 0 aromatic rings. The molecule has 5 nitrogen and oxygen atoms in total. The van der Waals surface area contributed by atoms with Crippen molar-refractivity contribution in [1.82, 2.24) is 0 Å². The van der Waals surface area contributed by atoms with E-state index in [0.717, 1.165) is 11.8 Å². The van der Waals surface area contributed by atoms with Gasteiger partial charge in [-0.3, -0.25) is 4.79 Å². The average Bonchev–Trinajstić information content (AvgIpc) is 2.22. The van der Waals surface area contributed by atoms with Gasteiger partial charge in [-0.15, -0.1) is 0 Å². The number of hydrogen-bond donors (Lipinski definition) is 0. The minimum Gasteiger partial charge on any atom is -0.460 e. The van der Waals surface area contributed by atoms with Gasteiger partial charge in [0.2, 0.25) is 0 Å². The van der Waals surface area contributed by atoms with E-state index in [1.165, 1.54) is 0 Å². The van der Waals surface area contributed by atoms with Crippen molar-refractivity contribution in [3.05, 3.63) is 0 Å². The second kappa shape index (κ2) is 9.30. The van der Waals surface area contributed by atoms with Crippen LogP contribution >= 0.6 is 11.8 Å². The highest BCUT2D eigenvalue weighted by Gasteiger charge is 2.17. The molecule has 0 unspecified atom stereocenters. The SMILES string of the molecule is CC(C)(C)OC(=O)CCCOCCSC(=O)OC(C)(C)C. The number of hydrogen-bond acceptors (Lipinski definition) is 6. The first kappa shape index (κ1) is 20.2. The number of carbonyl (C=O) groups excluding carboxylic acids is 2. The first-order chi connectivity index (χ1) is 9.49. The fraction of sp³-hybridized carbons (Fsp3) is 0.867. The predicted molar refractivity (Wildman–Crippen MR) is 84.6 cm³/mol. The molecule has 0 aromatic heterocycles. The molecule has 0 aliphatic carbocycles. The summed E-state index contributed by atoms with van der Waals surface area (Å²) >= 11 is 1.10. The smallest absolute Gasteiger partial charge is 0.367 e. The molecule has 0 fully saturated rings. The van der Waals surface area contributed by atoms with Crippen molar-refractivity contribution >= 4 is 23.0 Å². The van der Waals surface area contributed by atoms with Gasteiger partial charge in [0.1, 0.15) is 11.2 Å². The Bertz CT molecular complexity index is 296. The maximum Gasteiger partial charge on any atom is 0.367 e. The van der Waals surface area contributed by atoms with E-state index in [0.29, 0.717) is 31.8 Å². The van der Waals surface area contributed by atoms with Gasteiger partial charge in [0.25, 0.3) is 0 Å². The molecular formula is C15H28O5S. The van der Waals surface area contributed by atoms with E-state index in [9.17, 15) is 9.59 Å². The van der Waals surface area contributed by atoms with E-state index in [4.69, 9.17) is 14.2 Å². The summed E-state index contributed by atoms with van der Waals surface area (Å²) in [5.41, 5.74) is -0.902. The molecule has 0 saturated carbocycles. The van der Waals surface area contributed by atoms with Crippen molar-refractivity contribution < 1.29 is 23.8 Å². The van der Waals surface area contributed by atoms with Crippen LogP contribution in [0.4, 0.5) is 4.79 Å². The van der Waals surface area contributed by atoms with Crippen LogP contribution in [0.5, 0.6) is 0 Å². The molecule has 0 heterocycles. The molecule has 0 aliphatic rings. The zero-order valence-electron chi connectivity index (χ0n) is 14.0. The lowest BCUT2D eigenvalue weighted by Gasteiger charge is -2.19. The molecule has 0 atom stereocenters. The van der Waals surface area contributed by atoms with E-state index in [1.54, 1.807) is 0 Å². The normalized spacial score (nSPS) is 12.1. The van der Waals surface area contributed by atoms with Crippen LogP contribution < -0.4 is 0 Å². The molecule has 0 aromatic carbocycles. The summed E-state index contributed by atoms with van der Waals surface area (Å²) in [7, 11) is 0. The first-order valence-electron chi connectivity index (χ1n) is 7.15. The summed E-state index contributed by atoms with van der Waals surface area (Å²) in [6.45, 7) is 12.0. The Balaban J connectivity index is 3.49. The molecule has 6 heteroatoms. The molecule has 0 amide bonds. The summed E-state index contributed by atoms with van der Waals surface area (Å²) in [5.74, 6) is 0.329. The predicted octanol–water partition coefficient (Wildman–Crippen LogP) is 3.79. The van der Waals surface area contributed by atoms with Crippen LogP contribution in [0, 0.1) is 0 Å². The summed E-state index contributed by atoms with van der Waals surface area (Å²) < 4.78 is 15.7. The minimum atomic E-state index is -0.460. The van der Waals surface area contributed by atoms with E-state index in [1.807, 2.05) is 41.5 Å². The Hall–Kier alpha value is -0.750. The van der Waals surface area contributed by atoms with Gasteiger partial charge in [0.05, 0.1) is 6.61 Å². The Labute approximate surface area is 132 Å². The number of ether oxygens (including phenoxy) is 3. The average molecular weight is 320 g/mol. The van der Waals surface area contributed by atoms with Crippen molar-refractivity contribution in [1.29, 1.82) is 0 Å². The third-order valence-corrected chi connectivity index (χ3v) is 2.62. The van der Waals surface area contributed by atoms with Crippen LogP contribution in [-0.4, -0.2) is 41.4 Å². The molecule has 124 valence electrons. The second-order valence-electron chi connectivity index (χ2n) is 6.62. The Kier molecular flexibility index (Phi) is 8.97. The monoisotopic (exact) mass is 320 g/mol. The van der Waals surface area contributed by atoms with Crippen LogP contribution in [0.1, 0.15) is 54.4 Å². The maximum absolute atomic E-state index is 11.4. The Morgan fingerprint density at radius 2 is 1.48 bits per heavy atom. The van der Waals surface area contributed by atoms with Gasteiger partial charge in [-0.05, 0) is 59.7 Å². The van der Waals surface area contributed by atoms with Gasteiger partial charge in [-0.1, -0.05) is 0 Å². The lowest BCUT2D eigenvalue weighted by Crippen LogP contribution is -2.23. The maximum atomic E-state index is 11.4. The Morgan fingerprint density at radius 1 is 0.905 bits per heavy atom. The zero-order chi connectivity index (χ0) is 16.5. The number of thioether (sulfide) groups is 1. The quantitative estimate of drug-likeness (QED) is 0.525. The van der Waals surface area contributed by atoms with Gasteiger partial charge >= 0.3 is 11.3 Å². The molecule has 0 bridgehead atoms. The molecule has 0 radical (unpaired) electrons. The van der Waals surface area contributed by atoms with Crippen molar-refractivity contribution in [3.8, 4) is 0 Å². The van der Waals surface area contributed by atoms with E-state index >= 15 is 0 Å². The van der Waals surface area contributed by atoms with E-state index < -0.39 is 11.2 Å². The van der Waals surface area contributed by atoms with Gasteiger partial charge in [-0.25, -0.2) is 4.79 Å². The van der Waals surface area contributed by atoms with Gasteiger partial charge in [0.15, 0.2) is 0 Å². The fourth-order valence-corrected chi connectivity index (χ4v) is 1.95. The summed E-state index contributed by atoms with van der Waals surface area (Å²) in [5, 5.41) is -0.292. The summed E-state index contributed by atoms with van der Waals surface area (Å²) in [6, 6.07) is 0. The number of rotatable bonds is 7. The molecule has 0 spiro atoms. The highest BCUT2D eigenvalue weighted by Crippen LogP contribution is 2.14. The van der Waals surface area contributed by atoms with E-state index in [2.05, 4.69) is 0 Å². The minimum absolute atomic E-state index is 0.214. The standard InChI is InChI=1S/C15H28O5S/c1-14(2,3)19-12(16)8-7-9-18-10-11-21-13(17)20-15(4,5)6/h7-11H2,1-6H3. The van der Waals surface area contributed by atoms with Crippen LogP contribution in [0.3, 0.4) is 0 Å². The van der Waals surface area contributed by atoms with Crippen LogP contribution in [0.15, 0.2) is 0 Å². The van der Waals surface area contributed by atoms with E-state index in [-0.39, 0.29) is 11.3 Å². The highest BCUT2D eigenvalue weighted by molar-refractivity contribution is 8.13. The molecule has 0 saturated heterocycles. The third-order valence-electron chi connectivity index (χ3n) is 1.93. The van der Waals surface area contributed by atoms with Crippen LogP contribution in [-0.2, 0) is 19.0 Å². The van der Waals surface area contributed by atoms with Gasteiger partial charge in [0, 0.05) is 18.8 Å². The lowest BCUT2D eigenvalue weighted by molar-refractivity contribution is -0.155. The van der Waals surface area contributed by atoms with Gasteiger partial charge < -0.3 is 14.2 Å². The zero-order valence-corrected chi connectivity index (χ0v) is 14.8. The van der Waals surface area contributed by atoms with Crippen molar-refractivity contribution in [3.63, 3.8) is 0 Å². The van der Waals surface area contributed by atoms with Crippen molar-refractivity contribution in [2.75, 3.05) is 19.0 Å². The third kappa shape index (κ3) is 15.5. The number of carbonyl (C=O) groups is 2. The van der Waals surface area contributed by atoms with Crippen molar-refractivity contribution in [2.24, 2.45) is 0 Å². The molecular weight excluding hydrogens is 292 g/mol.